The number of aliphatic hydroxyl groups excluding tert-OH is 1. The maximum absolute atomic E-state index is 13.3. The minimum absolute atomic E-state index is 0.0443. The minimum atomic E-state index is -0.791. The van der Waals surface area contributed by atoms with Crippen LogP contribution in [0.3, 0.4) is 0 Å². The Bertz CT molecular complexity index is 1220. The number of thiophene rings is 1. The van der Waals surface area contributed by atoms with Crippen LogP contribution in [0.1, 0.15) is 26.8 Å². The lowest BCUT2D eigenvalue weighted by Gasteiger charge is -2.27. The molecular weight excluding hydrogens is 462 g/mol. The number of benzene rings is 2. The Morgan fingerprint density at radius 1 is 1.09 bits per heavy atom. The largest absolute Gasteiger partial charge is 0.503 e. The quantitative estimate of drug-likeness (QED) is 0.443. The Morgan fingerprint density at radius 2 is 1.85 bits per heavy atom. The van der Waals surface area contributed by atoms with E-state index < -0.39 is 17.7 Å². The Hall–Kier alpha value is -3.29. The van der Waals surface area contributed by atoms with Gasteiger partial charge in [-0.1, -0.05) is 41.9 Å². The van der Waals surface area contributed by atoms with Crippen molar-refractivity contribution in [3.8, 4) is 11.5 Å². The van der Waals surface area contributed by atoms with Gasteiger partial charge >= 0.3 is 0 Å². The summed E-state index contributed by atoms with van der Waals surface area (Å²) in [5, 5.41) is 13.0. The van der Waals surface area contributed by atoms with Gasteiger partial charge in [0.2, 0.25) is 5.78 Å². The zero-order chi connectivity index (χ0) is 23.5. The van der Waals surface area contributed by atoms with E-state index in [1.807, 2.05) is 12.1 Å². The number of carbonyl (C=O) groups excluding carboxylic acids is 2. The maximum atomic E-state index is 13.3. The van der Waals surface area contributed by atoms with Crippen LogP contribution in [0.15, 0.2) is 71.3 Å². The fourth-order valence-corrected chi connectivity index (χ4v) is 4.88. The average Bonchev–Trinajstić information content (AvgIpc) is 3.45. The molecule has 1 atom stereocenters. The van der Waals surface area contributed by atoms with E-state index in [1.54, 1.807) is 62.1 Å². The smallest absolute Gasteiger partial charge is 0.290 e. The number of amides is 1. The number of ketones is 1. The number of carbonyl (C=O) groups is 2. The van der Waals surface area contributed by atoms with Gasteiger partial charge in [-0.05, 0) is 47.2 Å². The van der Waals surface area contributed by atoms with Crippen LogP contribution in [-0.2, 0) is 11.2 Å². The third-order valence-corrected chi connectivity index (χ3v) is 6.80. The highest BCUT2D eigenvalue weighted by Gasteiger charge is 2.44. The van der Waals surface area contributed by atoms with Gasteiger partial charge in [0.05, 0.1) is 30.7 Å². The first kappa shape index (κ1) is 22.9. The molecular formula is C25H22ClNO5S. The number of hydrogen-bond acceptors (Lipinski definition) is 6. The van der Waals surface area contributed by atoms with E-state index in [9.17, 15) is 14.7 Å². The molecule has 4 rings (SSSR count). The number of hydrogen-bond donors (Lipinski definition) is 1. The van der Waals surface area contributed by atoms with Gasteiger partial charge in [0.25, 0.3) is 5.91 Å². The molecule has 1 N–H and O–H groups in total. The van der Waals surface area contributed by atoms with Gasteiger partial charge < -0.3 is 19.5 Å². The highest BCUT2D eigenvalue weighted by atomic mass is 35.5. The molecule has 0 aliphatic carbocycles. The number of ether oxygens (including phenoxy) is 2. The summed E-state index contributed by atoms with van der Waals surface area (Å²) >= 11 is 7.73. The molecule has 0 radical (unpaired) electrons. The fraction of sp³-hybridized carbons (Fsp3) is 0.200. The van der Waals surface area contributed by atoms with Crippen LogP contribution in [0.5, 0.6) is 11.5 Å². The minimum Gasteiger partial charge on any atom is -0.503 e. The lowest BCUT2D eigenvalue weighted by molar-refractivity contribution is -0.129. The van der Waals surface area contributed by atoms with E-state index in [-0.39, 0.29) is 17.9 Å². The Labute approximate surface area is 200 Å². The van der Waals surface area contributed by atoms with Crippen molar-refractivity contribution >= 4 is 34.6 Å². The van der Waals surface area contributed by atoms with Gasteiger partial charge in [-0.15, -0.1) is 11.3 Å². The van der Waals surface area contributed by atoms with Gasteiger partial charge in [0.1, 0.15) is 0 Å². The molecule has 2 heterocycles. The van der Waals surface area contributed by atoms with Crippen molar-refractivity contribution in [1.82, 2.24) is 4.90 Å². The summed E-state index contributed by atoms with van der Waals surface area (Å²) in [6.45, 7) is 0.259. The molecule has 0 saturated heterocycles. The number of methoxy groups -OCH3 is 2. The van der Waals surface area contributed by atoms with E-state index in [1.165, 1.54) is 16.2 Å². The second-order valence-corrected chi connectivity index (χ2v) is 8.79. The second kappa shape index (κ2) is 9.68. The van der Waals surface area contributed by atoms with Crippen molar-refractivity contribution in [3.63, 3.8) is 0 Å². The fourth-order valence-electron chi connectivity index (χ4n) is 3.96. The van der Waals surface area contributed by atoms with Crippen LogP contribution < -0.4 is 9.47 Å². The number of halogens is 1. The molecule has 33 heavy (non-hydrogen) atoms. The summed E-state index contributed by atoms with van der Waals surface area (Å²) in [5.74, 6) is -0.323. The average molecular weight is 484 g/mol. The van der Waals surface area contributed by atoms with Crippen LogP contribution in [-0.4, -0.2) is 42.5 Å². The van der Waals surface area contributed by atoms with Crippen molar-refractivity contribution in [2.45, 2.75) is 12.5 Å². The van der Waals surface area contributed by atoms with E-state index in [0.29, 0.717) is 33.4 Å². The van der Waals surface area contributed by atoms with Crippen molar-refractivity contribution in [2.24, 2.45) is 0 Å². The van der Waals surface area contributed by atoms with E-state index >= 15 is 0 Å². The Balaban J connectivity index is 1.69. The first-order valence-electron chi connectivity index (χ1n) is 10.2. The molecule has 8 heteroatoms. The van der Waals surface area contributed by atoms with E-state index in [2.05, 4.69) is 0 Å². The molecule has 1 amide bonds. The molecule has 3 aromatic rings. The summed E-state index contributed by atoms with van der Waals surface area (Å²) in [6, 6.07) is 15.2. The van der Waals surface area contributed by atoms with Gasteiger partial charge in [-0.25, -0.2) is 0 Å². The standard InChI is InChI=1S/C25H22ClNO5S/c1-31-18-10-9-15(14-19(18)32-2)11-12-27-22(16-6-3-4-7-17(16)26)21(24(29)25(27)30)23(28)20-8-5-13-33-20/h3-10,13-14,22,29H,11-12H2,1-2H3. The summed E-state index contributed by atoms with van der Waals surface area (Å²) in [4.78, 5) is 28.3. The lowest BCUT2D eigenvalue weighted by atomic mass is 9.95. The molecule has 1 aromatic heterocycles. The van der Waals surface area contributed by atoms with Crippen molar-refractivity contribution < 1.29 is 24.2 Å². The first-order valence-corrected chi connectivity index (χ1v) is 11.5. The molecule has 1 aliphatic heterocycles. The van der Waals surface area contributed by atoms with Gasteiger partial charge in [-0.3, -0.25) is 9.59 Å². The molecule has 2 aromatic carbocycles. The van der Waals surface area contributed by atoms with Crippen LogP contribution in [0.4, 0.5) is 0 Å². The lowest BCUT2D eigenvalue weighted by Crippen LogP contribution is -2.33. The molecule has 0 bridgehead atoms. The molecule has 0 saturated carbocycles. The third-order valence-electron chi connectivity index (χ3n) is 5.58. The number of rotatable bonds is 8. The number of Topliss-reactive ketones (excluding diaryl/α,β-unsaturated/α-hetero) is 1. The third kappa shape index (κ3) is 4.34. The van der Waals surface area contributed by atoms with Crippen molar-refractivity contribution in [3.05, 3.63) is 92.3 Å². The molecule has 0 spiro atoms. The van der Waals surface area contributed by atoms with Crippen LogP contribution in [0, 0.1) is 0 Å². The first-order chi connectivity index (χ1) is 16.0. The second-order valence-electron chi connectivity index (χ2n) is 7.43. The predicted molar refractivity (Wildman–Crippen MR) is 127 cm³/mol. The summed E-state index contributed by atoms with van der Waals surface area (Å²) in [5.41, 5.74) is 1.54. The molecule has 0 fully saturated rings. The van der Waals surface area contributed by atoms with Crippen LogP contribution in [0.25, 0.3) is 0 Å². The normalized spacial score (nSPS) is 15.8. The summed E-state index contributed by atoms with van der Waals surface area (Å²) in [6.07, 6.45) is 0.473. The summed E-state index contributed by atoms with van der Waals surface area (Å²) < 4.78 is 10.7. The molecule has 1 aliphatic rings. The zero-order valence-corrected chi connectivity index (χ0v) is 19.7. The van der Waals surface area contributed by atoms with Gasteiger partial charge in [0, 0.05) is 11.6 Å². The Kier molecular flexibility index (Phi) is 6.72. The molecule has 170 valence electrons. The summed E-state index contributed by atoms with van der Waals surface area (Å²) in [7, 11) is 3.12. The van der Waals surface area contributed by atoms with E-state index in [0.717, 1.165) is 5.56 Å². The van der Waals surface area contributed by atoms with Crippen molar-refractivity contribution in [1.29, 1.82) is 0 Å². The monoisotopic (exact) mass is 483 g/mol. The highest BCUT2D eigenvalue weighted by Crippen LogP contribution is 2.42. The highest BCUT2D eigenvalue weighted by molar-refractivity contribution is 7.12. The number of nitrogens with zero attached hydrogens (tertiary/aromatic N) is 1. The topological polar surface area (TPSA) is 76.1 Å². The van der Waals surface area contributed by atoms with Gasteiger partial charge in [0.15, 0.2) is 17.3 Å². The SMILES string of the molecule is COc1ccc(CCN2C(=O)C(O)=C(C(=O)c3cccs3)C2c2ccccc2Cl)cc1OC. The van der Waals surface area contributed by atoms with Gasteiger partial charge in [-0.2, -0.15) is 0 Å². The Morgan fingerprint density at radius 3 is 2.52 bits per heavy atom. The van der Waals surface area contributed by atoms with Crippen LogP contribution >= 0.6 is 22.9 Å². The van der Waals surface area contributed by atoms with Crippen LogP contribution in [0.2, 0.25) is 5.02 Å². The molecule has 1 unspecified atom stereocenters. The van der Waals surface area contributed by atoms with Crippen molar-refractivity contribution in [2.75, 3.05) is 20.8 Å². The molecule has 6 nitrogen and oxygen atoms in total. The maximum Gasteiger partial charge on any atom is 0.290 e. The van der Waals surface area contributed by atoms with E-state index in [4.69, 9.17) is 21.1 Å². The zero-order valence-electron chi connectivity index (χ0n) is 18.1. The predicted octanol–water partition coefficient (Wildman–Crippen LogP) is 5.24. The number of aliphatic hydroxyl groups is 1.